The van der Waals surface area contributed by atoms with Crippen LogP contribution in [0.1, 0.15) is 19.8 Å². The van der Waals surface area contributed by atoms with Gasteiger partial charge in [0.25, 0.3) is 0 Å². The molecule has 0 aromatic heterocycles. The van der Waals surface area contributed by atoms with Crippen molar-refractivity contribution in [1.29, 1.82) is 0 Å². The molecule has 0 aromatic rings. The Bertz CT molecular complexity index is 281. The first-order chi connectivity index (χ1) is 8.26. The van der Waals surface area contributed by atoms with Crippen molar-refractivity contribution in [2.75, 3.05) is 20.3 Å². The van der Waals surface area contributed by atoms with Crippen molar-refractivity contribution < 1.29 is 32.2 Å². The molecule has 0 aliphatic carbocycles. The normalized spacial score (nSPS) is 12.9. The van der Waals surface area contributed by atoms with Crippen LogP contribution in [0.2, 0.25) is 0 Å². The van der Waals surface area contributed by atoms with Crippen LogP contribution in [0.4, 0.5) is 13.2 Å². The third kappa shape index (κ3) is 8.80. The lowest BCUT2D eigenvalue weighted by Gasteiger charge is -2.15. The van der Waals surface area contributed by atoms with Gasteiger partial charge in [0, 0.05) is 20.0 Å². The van der Waals surface area contributed by atoms with Gasteiger partial charge in [0.1, 0.15) is 0 Å². The molecule has 0 radical (unpaired) electrons. The summed E-state index contributed by atoms with van der Waals surface area (Å²) in [5.41, 5.74) is 0. The molecule has 5 nitrogen and oxygen atoms in total. The van der Waals surface area contributed by atoms with Crippen LogP contribution >= 0.6 is 0 Å². The van der Waals surface area contributed by atoms with E-state index in [2.05, 4.69) is 10.1 Å². The van der Waals surface area contributed by atoms with Crippen molar-refractivity contribution in [1.82, 2.24) is 5.32 Å². The molecule has 0 aromatic carbocycles. The number of hydrogen-bond donors (Lipinski definition) is 1. The Morgan fingerprint density at radius 3 is 2.39 bits per heavy atom. The first kappa shape index (κ1) is 16.7. The number of ether oxygens (including phenoxy) is 2. The van der Waals surface area contributed by atoms with Gasteiger partial charge in [0.05, 0.1) is 13.7 Å². The van der Waals surface area contributed by atoms with Gasteiger partial charge in [-0.2, -0.15) is 13.2 Å². The average Bonchev–Trinajstić information content (AvgIpc) is 2.24. The largest absolute Gasteiger partial charge is 0.467 e. The fraction of sp³-hybridized carbons (Fsp3) is 0.800. The lowest BCUT2D eigenvalue weighted by Crippen LogP contribution is -2.43. The molecule has 18 heavy (non-hydrogen) atoms. The predicted molar refractivity (Wildman–Crippen MR) is 55.7 cm³/mol. The summed E-state index contributed by atoms with van der Waals surface area (Å²) in [6.07, 6.45) is -5.36. The van der Waals surface area contributed by atoms with Gasteiger partial charge < -0.3 is 14.8 Å². The van der Waals surface area contributed by atoms with Crippen LogP contribution < -0.4 is 5.32 Å². The summed E-state index contributed by atoms with van der Waals surface area (Å²) in [6.45, 7) is 0.844. The van der Waals surface area contributed by atoms with Crippen LogP contribution in [0.25, 0.3) is 0 Å². The fourth-order valence-electron chi connectivity index (χ4n) is 1.13. The summed E-state index contributed by atoms with van der Waals surface area (Å²) in [4.78, 5) is 21.9. The highest BCUT2D eigenvalue weighted by Gasteiger charge is 2.26. The Morgan fingerprint density at radius 2 is 1.94 bits per heavy atom. The highest BCUT2D eigenvalue weighted by Crippen LogP contribution is 2.20. The SMILES string of the molecule is COC(=O)C(COCCCC(F)(F)F)NC(C)=O. The quantitative estimate of drug-likeness (QED) is 0.554. The average molecular weight is 271 g/mol. The molecule has 1 atom stereocenters. The molecule has 1 amide bonds. The molecule has 0 aliphatic heterocycles. The Labute approximate surface area is 103 Å². The summed E-state index contributed by atoms with van der Waals surface area (Å²) in [7, 11) is 1.14. The molecule has 0 bridgehead atoms. The van der Waals surface area contributed by atoms with Crippen LogP contribution in [-0.2, 0) is 19.1 Å². The number of nitrogens with one attached hydrogen (secondary N) is 1. The van der Waals surface area contributed by atoms with Crippen molar-refractivity contribution >= 4 is 11.9 Å². The second kappa shape index (κ2) is 7.91. The van der Waals surface area contributed by atoms with Gasteiger partial charge in [0.15, 0.2) is 6.04 Å². The molecule has 1 N–H and O–H groups in total. The molecule has 0 saturated carbocycles. The molecule has 0 heterocycles. The molecule has 0 spiro atoms. The topological polar surface area (TPSA) is 64.6 Å². The number of esters is 1. The van der Waals surface area contributed by atoms with E-state index < -0.39 is 30.5 Å². The minimum atomic E-state index is -4.22. The maximum Gasteiger partial charge on any atom is 0.389 e. The Balaban J connectivity index is 3.90. The van der Waals surface area contributed by atoms with Crippen molar-refractivity contribution in [3.05, 3.63) is 0 Å². The molecule has 0 rings (SSSR count). The van der Waals surface area contributed by atoms with E-state index in [4.69, 9.17) is 4.74 Å². The molecule has 0 fully saturated rings. The standard InChI is InChI=1S/C10H16F3NO4/c1-7(15)14-8(9(16)17-2)6-18-5-3-4-10(11,12)13/h8H,3-6H2,1-2H3,(H,14,15). The van der Waals surface area contributed by atoms with E-state index in [0.717, 1.165) is 7.11 Å². The highest BCUT2D eigenvalue weighted by molar-refractivity contribution is 5.83. The lowest BCUT2D eigenvalue weighted by molar-refractivity contribution is -0.148. The number of carbonyl (C=O) groups is 2. The van der Waals surface area contributed by atoms with Crippen LogP contribution in [0.3, 0.4) is 0 Å². The number of carbonyl (C=O) groups excluding carboxylic acids is 2. The molecule has 106 valence electrons. The Morgan fingerprint density at radius 1 is 1.33 bits per heavy atom. The first-order valence-electron chi connectivity index (χ1n) is 5.25. The summed E-state index contributed by atoms with van der Waals surface area (Å²) >= 11 is 0. The van der Waals surface area contributed by atoms with Gasteiger partial charge in [-0.05, 0) is 6.42 Å². The number of methoxy groups -OCH3 is 1. The van der Waals surface area contributed by atoms with Crippen LogP contribution in [0.5, 0.6) is 0 Å². The second-order valence-corrected chi connectivity index (χ2v) is 3.57. The highest BCUT2D eigenvalue weighted by atomic mass is 19.4. The van der Waals surface area contributed by atoms with E-state index in [1.807, 2.05) is 0 Å². The van der Waals surface area contributed by atoms with Crippen LogP contribution in [-0.4, -0.2) is 44.4 Å². The monoisotopic (exact) mass is 271 g/mol. The second-order valence-electron chi connectivity index (χ2n) is 3.57. The van der Waals surface area contributed by atoms with Crippen molar-refractivity contribution in [3.63, 3.8) is 0 Å². The third-order valence-corrected chi connectivity index (χ3v) is 1.90. The lowest BCUT2D eigenvalue weighted by atomic mass is 10.3. The number of amides is 1. The van der Waals surface area contributed by atoms with Crippen molar-refractivity contribution in [2.45, 2.75) is 32.0 Å². The Kier molecular flexibility index (Phi) is 7.33. The molecular formula is C10H16F3NO4. The van der Waals surface area contributed by atoms with Crippen LogP contribution in [0.15, 0.2) is 0 Å². The number of rotatable bonds is 7. The summed E-state index contributed by atoms with van der Waals surface area (Å²) in [5.74, 6) is -1.16. The zero-order chi connectivity index (χ0) is 14.2. The van der Waals surface area contributed by atoms with Crippen LogP contribution in [0, 0.1) is 0 Å². The van der Waals surface area contributed by atoms with Gasteiger partial charge in [-0.15, -0.1) is 0 Å². The Hall–Kier alpha value is -1.31. The smallest absolute Gasteiger partial charge is 0.389 e. The maximum atomic E-state index is 11.8. The first-order valence-corrected chi connectivity index (χ1v) is 5.25. The maximum absolute atomic E-state index is 11.8. The zero-order valence-corrected chi connectivity index (χ0v) is 10.2. The third-order valence-electron chi connectivity index (χ3n) is 1.90. The van der Waals surface area contributed by atoms with E-state index in [1.165, 1.54) is 6.92 Å². The summed E-state index contributed by atoms with van der Waals surface area (Å²) in [6, 6.07) is -1.00. The van der Waals surface area contributed by atoms with E-state index in [9.17, 15) is 22.8 Å². The number of alkyl halides is 3. The van der Waals surface area contributed by atoms with Gasteiger partial charge in [-0.25, -0.2) is 4.79 Å². The summed E-state index contributed by atoms with van der Waals surface area (Å²) < 4.78 is 44.7. The van der Waals surface area contributed by atoms with Gasteiger partial charge >= 0.3 is 12.1 Å². The van der Waals surface area contributed by atoms with Crippen molar-refractivity contribution in [2.24, 2.45) is 0 Å². The van der Waals surface area contributed by atoms with E-state index in [1.54, 1.807) is 0 Å². The number of hydrogen-bond acceptors (Lipinski definition) is 4. The van der Waals surface area contributed by atoms with E-state index in [-0.39, 0.29) is 19.6 Å². The molecule has 0 aliphatic rings. The van der Waals surface area contributed by atoms with E-state index >= 15 is 0 Å². The summed E-state index contributed by atoms with van der Waals surface area (Å²) in [5, 5.41) is 2.28. The molecule has 1 unspecified atom stereocenters. The van der Waals surface area contributed by atoms with Crippen molar-refractivity contribution in [3.8, 4) is 0 Å². The van der Waals surface area contributed by atoms with Gasteiger partial charge in [-0.1, -0.05) is 0 Å². The van der Waals surface area contributed by atoms with Gasteiger partial charge in [-0.3, -0.25) is 4.79 Å². The minimum Gasteiger partial charge on any atom is -0.467 e. The fourth-order valence-corrected chi connectivity index (χ4v) is 1.13. The molecule has 0 saturated heterocycles. The minimum absolute atomic E-state index is 0.146. The number of halogens is 3. The zero-order valence-electron chi connectivity index (χ0n) is 10.2. The van der Waals surface area contributed by atoms with E-state index in [0.29, 0.717) is 0 Å². The predicted octanol–water partition coefficient (Wildman–Crippen LogP) is 1.02. The molecular weight excluding hydrogens is 255 g/mol. The molecule has 8 heteroatoms. The van der Waals surface area contributed by atoms with Gasteiger partial charge in [0.2, 0.25) is 5.91 Å².